The third-order valence-corrected chi connectivity index (χ3v) is 5.37. The highest BCUT2D eigenvalue weighted by Gasteiger charge is 2.33. The van der Waals surface area contributed by atoms with Gasteiger partial charge in [0, 0.05) is 24.8 Å². The summed E-state index contributed by atoms with van der Waals surface area (Å²) >= 11 is 0. The van der Waals surface area contributed by atoms with Crippen molar-refractivity contribution >= 4 is 5.82 Å². The van der Waals surface area contributed by atoms with Gasteiger partial charge in [0.05, 0.1) is 0 Å². The van der Waals surface area contributed by atoms with Crippen LogP contribution in [0.2, 0.25) is 0 Å². The van der Waals surface area contributed by atoms with Crippen molar-refractivity contribution in [2.24, 2.45) is 11.7 Å². The van der Waals surface area contributed by atoms with E-state index in [0.717, 1.165) is 24.8 Å². The second-order valence-electron chi connectivity index (χ2n) is 6.84. The van der Waals surface area contributed by atoms with E-state index in [0.29, 0.717) is 0 Å². The Labute approximate surface area is 128 Å². The molecular formula is C18H29N3. The van der Waals surface area contributed by atoms with Crippen molar-refractivity contribution in [3.63, 3.8) is 0 Å². The van der Waals surface area contributed by atoms with E-state index in [1.165, 1.54) is 56.5 Å². The highest BCUT2D eigenvalue weighted by atomic mass is 15.2. The van der Waals surface area contributed by atoms with Crippen LogP contribution in [0, 0.1) is 5.92 Å². The number of aromatic nitrogens is 1. The first kappa shape index (κ1) is 14.8. The van der Waals surface area contributed by atoms with Gasteiger partial charge in [0.1, 0.15) is 5.82 Å². The lowest BCUT2D eigenvalue weighted by Gasteiger charge is -2.44. The maximum absolute atomic E-state index is 6.04. The standard InChI is InChI=1S/C18H29N3/c1-2-16(19)12-14-9-10-18(20-13-14)21-11-5-7-15-6-3-4-8-17(15)21/h9-10,13,15-17H,2-8,11-12,19H2,1H3/t15-,16?,17-/m1/s1. The summed E-state index contributed by atoms with van der Waals surface area (Å²) in [5.41, 5.74) is 7.30. The number of nitrogens with two attached hydrogens (primary N) is 1. The van der Waals surface area contributed by atoms with E-state index in [-0.39, 0.29) is 6.04 Å². The van der Waals surface area contributed by atoms with E-state index in [1.807, 2.05) is 6.20 Å². The Hall–Kier alpha value is -1.09. The van der Waals surface area contributed by atoms with Crippen LogP contribution in [0.1, 0.15) is 57.4 Å². The minimum atomic E-state index is 0.260. The van der Waals surface area contributed by atoms with Gasteiger partial charge >= 0.3 is 0 Å². The smallest absolute Gasteiger partial charge is 0.128 e. The van der Waals surface area contributed by atoms with Crippen molar-refractivity contribution in [1.82, 2.24) is 4.98 Å². The van der Waals surface area contributed by atoms with Crippen molar-refractivity contribution in [3.05, 3.63) is 23.9 Å². The van der Waals surface area contributed by atoms with Crippen LogP contribution >= 0.6 is 0 Å². The number of pyridine rings is 1. The van der Waals surface area contributed by atoms with E-state index in [1.54, 1.807) is 0 Å². The number of piperidine rings is 1. The number of anilines is 1. The minimum Gasteiger partial charge on any atom is -0.353 e. The molecule has 0 radical (unpaired) electrons. The summed E-state index contributed by atoms with van der Waals surface area (Å²) in [5, 5.41) is 0. The van der Waals surface area contributed by atoms with Crippen LogP contribution in [0.5, 0.6) is 0 Å². The molecule has 21 heavy (non-hydrogen) atoms. The fourth-order valence-corrected chi connectivity index (χ4v) is 4.06. The van der Waals surface area contributed by atoms with Gasteiger partial charge in [0.2, 0.25) is 0 Å². The Morgan fingerprint density at radius 2 is 2.05 bits per heavy atom. The van der Waals surface area contributed by atoms with E-state index in [4.69, 9.17) is 10.7 Å². The molecule has 3 rings (SSSR count). The van der Waals surface area contributed by atoms with Crippen LogP contribution in [0.25, 0.3) is 0 Å². The van der Waals surface area contributed by atoms with Gasteiger partial charge in [-0.3, -0.25) is 0 Å². The molecule has 1 aliphatic heterocycles. The summed E-state index contributed by atoms with van der Waals surface area (Å²) in [5.74, 6) is 2.09. The highest BCUT2D eigenvalue weighted by Crippen LogP contribution is 2.37. The maximum atomic E-state index is 6.04. The molecule has 3 heteroatoms. The molecule has 0 amide bonds. The lowest BCUT2D eigenvalue weighted by molar-refractivity contribution is 0.242. The third kappa shape index (κ3) is 3.39. The Morgan fingerprint density at radius 1 is 1.24 bits per heavy atom. The summed E-state index contributed by atoms with van der Waals surface area (Å²) < 4.78 is 0. The van der Waals surface area contributed by atoms with Gasteiger partial charge in [-0.05, 0) is 56.1 Å². The number of hydrogen-bond acceptors (Lipinski definition) is 3. The predicted octanol–water partition coefficient (Wildman–Crippen LogP) is 3.52. The molecule has 1 saturated heterocycles. The summed E-state index contributed by atoms with van der Waals surface area (Å²) in [7, 11) is 0. The van der Waals surface area contributed by atoms with Crippen LogP contribution in [-0.2, 0) is 6.42 Å². The molecule has 0 aromatic carbocycles. The Morgan fingerprint density at radius 3 is 2.81 bits per heavy atom. The predicted molar refractivity (Wildman–Crippen MR) is 88.5 cm³/mol. The van der Waals surface area contributed by atoms with E-state index >= 15 is 0 Å². The molecule has 2 fully saturated rings. The monoisotopic (exact) mass is 287 g/mol. The van der Waals surface area contributed by atoms with Crippen LogP contribution in [-0.4, -0.2) is 23.6 Å². The van der Waals surface area contributed by atoms with E-state index in [2.05, 4.69) is 24.0 Å². The van der Waals surface area contributed by atoms with Crippen molar-refractivity contribution in [2.75, 3.05) is 11.4 Å². The van der Waals surface area contributed by atoms with Gasteiger partial charge in [-0.15, -0.1) is 0 Å². The SMILES string of the molecule is CCC(N)Cc1ccc(N2CCC[C@H]3CCCC[C@H]32)nc1. The molecule has 1 saturated carbocycles. The molecule has 3 atom stereocenters. The first-order chi connectivity index (χ1) is 10.3. The fourth-order valence-electron chi connectivity index (χ4n) is 4.06. The quantitative estimate of drug-likeness (QED) is 0.921. The zero-order valence-electron chi connectivity index (χ0n) is 13.3. The zero-order chi connectivity index (χ0) is 14.7. The Bertz CT molecular complexity index is 440. The first-order valence-corrected chi connectivity index (χ1v) is 8.75. The molecule has 3 nitrogen and oxygen atoms in total. The molecule has 2 aliphatic rings. The Balaban J connectivity index is 1.70. The van der Waals surface area contributed by atoms with Crippen LogP contribution < -0.4 is 10.6 Å². The van der Waals surface area contributed by atoms with Gasteiger partial charge in [0.15, 0.2) is 0 Å². The van der Waals surface area contributed by atoms with Crippen molar-refractivity contribution < 1.29 is 0 Å². The average Bonchev–Trinajstić information content (AvgIpc) is 2.55. The molecule has 116 valence electrons. The van der Waals surface area contributed by atoms with Crippen molar-refractivity contribution in [3.8, 4) is 0 Å². The average molecular weight is 287 g/mol. The molecular weight excluding hydrogens is 258 g/mol. The van der Waals surface area contributed by atoms with Gasteiger partial charge in [-0.2, -0.15) is 0 Å². The molecule has 0 bridgehead atoms. The number of rotatable bonds is 4. The molecule has 1 aromatic rings. The molecule has 1 aliphatic carbocycles. The lowest BCUT2D eigenvalue weighted by atomic mass is 9.78. The Kier molecular flexibility index (Phi) is 4.79. The summed E-state index contributed by atoms with van der Waals surface area (Å²) in [4.78, 5) is 7.33. The normalized spacial score (nSPS) is 27.2. The van der Waals surface area contributed by atoms with Crippen molar-refractivity contribution in [2.45, 2.75) is 70.4 Å². The number of hydrogen-bond donors (Lipinski definition) is 1. The third-order valence-electron chi connectivity index (χ3n) is 5.37. The molecule has 0 spiro atoms. The summed E-state index contributed by atoms with van der Waals surface area (Å²) in [6, 6.07) is 5.44. The topological polar surface area (TPSA) is 42.1 Å². The maximum Gasteiger partial charge on any atom is 0.128 e. The fraction of sp³-hybridized carbons (Fsp3) is 0.722. The zero-order valence-corrected chi connectivity index (χ0v) is 13.3. The highest BCUT2D eigenvalue weighted by molar-refractivity contribution is 5.41. The minimum absolute atomic E-state index is 0.260. The van der Waals surface area contributed by atoms with Gasteiger partial charge in [0.25, 0.3) is 0 Å². The van der Waals surface area contributed by atoms with Crippen LogP contribution in [0.15, 0.2) is 18.3 Å². The van der Waals surface area contributed by atoms with Gasteiger partial charge in [-0.1, -0.05) is 25.8 Å². The summed E-state index contributed by atoms with van der Waals surface area (Å²) in [6.07, 6.45) is 12.3. The largest absolute Gasteiger partial charge is 0.353 e. The second-order valence-corrected chi connectivity index (χ2v) is 6.84. The van der Waals surface area contributed by atoms with E-state index in [9.17, 15) is 0 Å². The molecule has 2 N–H and O–H groups in total. The molecule has 1 unspecified atom stereocenters. The molecule has 1 aromatic heterocycles. The second kappa shape index (κ2) is 6.78. The van der Waals surface area contributed by atoms with Gasteiger partial charge in [-0.25, -0.2) is 4.98 Å². The van der Waals surface area contributed by atoms with Crippen LogP contribution in [0.3, 0.4) is 0 Å². The van der Waals surface area contributed by atoms with Gasteiger partial charge < -0.3 is 10.6 Å². The van der Waals surface area contributed by atoms with Crippen LogP contribution in [0.4, 0.5) is 5.82 Å². The summed E-state index contributed by atoms with van der Waals surface area (Å²) in [6.45, 7) is 3.32. The lowest BCUT2D eigenvalue weighted by Crippen LogP contribution is -2.47. The number of nitrogens with zero attached hydrogens (tertiary/aromatic N) is 2. The number of fused-ring (bicyclic) bond motifs is 1. The van der Waals surface area contributed by atoms with Crippen molar-refractivity contribution in [1.29, 1.82) is 0 Å². The first-order valence-electron chi connectivity index (χ1n) is 8.75. The van der Waals surface area contributed by atoms with E-state index < -0.39 is 0 Å². The molecule has 2 heterocycles.